The SMILES string of the molecule is Cc1nnc(SCC(=O)NC2CCN(Cc3ccccc3)C2)s1. The average Bonchev–Trinajstić information content (AvgIpc) is 3.15. The molecule has 0 spiro atoms. The molecule has 0 radical (unpaired) electrons. The van der Waals surface area contributed by atoms with E-state index in [0.29, 0.717) is 5.75 Å². The number of nitrogens with zero attached hydrogens (tertiary/aromatic N) is 3. The fraction of sp³-hybridized carbons (Fsp3) is 0.438. The smallest absolute Gasteiger partial charge is 0.230 e. The molecule has 122 valence electrons. The first-order valence-corrected chi connectivity index (χ1v) is 9.48. The summed E-state index contributed by atoms with van der Waals surface area (Å²) in [5.41, 5.74) is 1.32. The van der Waals surface area contributed by atoms with Gasteiger partial charge in [-0.3, -0.25) is 9.69 Å². The molecule has 1 aliphatic rings. The van der Waals surface area contributed by atoms with Crippen molar-refractivity contribution in [3.63, 3.8) is 0 Å². The van der Waals surface area contributed by atoms with Crippen molar-refractivity contribution in [3.05, 3.63) is 40.9 Å². The number of benzene rings is 1. The van der Waals surface area contributed by atoms with Gasteiger partial charge in [0.1, 0.15) is 5.01 Å². The van der Waals surface area contributed by atoms with Crippen molar-refractivity contribution < 1.29 is 4.79 Å². The molecule has 1 N–H and O–H groups in total. The summed E-state index contributed by atoms with van der Waals surface area (Å²) < 4.78 is 0.856. The summed E-state index contributed by atoms with van der Waals surface area (Å²) in [6.45, 7) is 4.82. The van der Waals surface area contributed by atoms with Crippen LogP contribution in [-0.4, -0.2) is 45.9 Å². The quantitative estimate of drug-likeness (QED) is 0.812. The van der Waals surface area contributed by atoms with Gasteiger partial charge >= 0.3 is 0 Å². The highest BCUT2D eigenvalue weighted by Gasteiger charge is 2.23. The Morgan fingerprint density at radius 2 is 2.22 bits per heavy atom. The number of hydrogen-bond acceptors (Lipinski definition) is 6. The van der Waals surface area contributed by atoms with E-state index in [-0.39, 0.29) is 11.9 Å². The number of aryl methyl sites for hydroxylation is 1. The van der Waals surface area contributed by atoms with E-state index < -0.39 is 0 Å². The molecule has 2 aromatic rings. The van der Waals surface area contributed by atoms with Crippen molar-refractivity contribution >= 4 is 29.0 Å². The fourth-order valence-electron chi connectivity index (χ4n) is 2.67. The predicted molar refractivity (Wildman–Crippen MR) is 93.6 cm³/mol. The number of nitrogens with one attached hydrogen (secondary N) is 1. The molecule has 1 aromatic carbocycles. The minimum Gasteiger partial charge on any atom is -0.351 e. The number of hydrogen-bond donors (Lipinski definition) is 1. The second-order valence-electron chi connectivity index (χ2n) is 5.65. The highest BCUT2D eigenvalue weighted by Crippen LogP contribution is 2.21. The van der Waals surface area contributed by atoms with E-state index in [9.17, 15) is 4.79 Å². The third-order valence-electron chi connectivity index (χ3n) is 3.72. The lowest BCUT2D eigenvalue weighted by molar-refractivity contribution is -0.119. The molecule has 1 fully saturated rings. The Bertz CT molecular complexity index is 647. The van der Waals surface area contributed by atoms with Crippen LogP contribution >= 0.6 is 23.1 Å². The highest BCUT2D eigenvalue weighted by molar-refractivity contribution is 8.01. The van der Waals surface area contributed by atoms with Crippen LogP contribution in [0.1, 0.15) is 17.0 Å². The van der Waals surface area contributed by atoms with Gasteiger partial charge in [0.15, 0.2) is 4.34 Å². The molecular formula is C16H20N4OS2. The predicted octanol–water partition coefficient (Wildman–Crippen LogP) is 2.33. The molecule has 1 unspecified atom stereocenters. The van der Waals surface area contributed by atoms with Gasteiger partial charge in [0.25, 0.3) is 0 Å². The third-order valence-corrected chi connectivity index (χ3v) is 5.69. The zero-order valence-corrected chi connectivity index (χ0v) is 14.7. The zero-order valence-electron chi connectivity index (χ0n) is 13.1. The van der Waals surface area contributed by atoms with Crippen molar-refractivity contribution in [3.8, 4) is 0 Å². The van der Waals surface area contributed by atoms with Crippen LogP contribution < -0.4 is 5.32 Å². The van der Waals surface area contributed by atoms with Crippen molar-refractivity contribution in [2.24, 2.45) is 0 Å². The van der Waals surface area contributed by atoms with Gasteiger partial charge in [0.2, 0.25) is 5.91 Å². The summed E-state index contributed by atoms with van der Waals surface area (Å²) in [7, 11) is 0. The summed E-state index contributed by atoms with van der Waals surface area (Å²) in [5, 5.41) is 12.0. The van der Waals surface area contributed by atoms with E-state index in [1.54, 1.807) is 0 Å². The van der Waals surface area contributed by atoms with E-state index in [4.69, 9.17) is 0 Å². The van der Waals surface area contributed by atoms with Crippen molar-refractivity contribution in [1.82, 2.24) is 20.4 Å². The maximum Gasteiger partial charge on any atom is 0.230 e. The highest BCUT2D eigenvalue weighted by atomic mass is 32.2. The van der Waals surface area contributed by atoms with E-state index in [0.717, 1.165) is 35.4 Å². The molecule has 1 amide bonds. The van der Waals surface area contributed by atoms with Gasteiger partial charge in [-0.25, -0.2) is 0 Å². The summed E-state index contributed by atoms with van der Waals surface area (Å²) in [6, 6.07) is 10.7. The van der Waals surface area contributed by atoms with Gasteiger partial charge in [0, 0.05) is 25.7 Å². The topological polar surface area (TPSA) is 58.1 Å². The molecule has 5 nitrogen and oxygen atoms in total. The Labute approximate surface area is 144 Å². The monoisotopic (exact) mass is 348 g/mol. The van der Waals surface area contributed by atoms with Crippen LogP contribution in [0.3, 0.4) is 0 Å². The zero-order chi connectivity index (χ0) is 16.1. The second kappa shape index (κ2) is 7.90. The normalized spacial score (nSPS) is 18.2. The molecule has 0 bridgehead atoms. The van der Waals surface area contributed by atoms with E-state index >= 15 is 0 Å². The Balaban J connectivity index is 1.40. The number of amides is 1. The molecule has 1 atom stereocenters. The Morgan fingerprint density at radius 1 is 1.39 bits per heavy atom. The van der Waals surface area contributed by atoms with Crippen LogP contribution in [0, 0.1) is 6.92 Å². The first-order chi connectivity index (χ1) is 11.2. The van der Waals surface area contributed by atoms with Gasteiger partial charge in [0.05, 0.1) is 5.75 Å². The van der Waals surface area contributed by atoms with E-state index in [1.807, 2.05) is 13.0 Å². The van der Waals surface area contributed by atoms with Crippen molar-refractivity contribution in [2.45, 2.75) is 30.3 Å². The lowest BCUT2D eigenvalue weighted by Gasteiger charge is -2.16. The summed E-state index contributed by atoms with van der Waals surface area (Å²) in [5.74, 6) is 0.485. The van der Waals surface area contributed by atoms with Crippen LogP contribution in [0.15, 0.2) is 34.7 Å². The number of rotatable bonds is 6. The van der Waals surface area contributed by atoms with Gasteiger partial charge in [-0.1, -0.05) is 53.4 Å². The van der Waals surface area contributed by atoms with E-state index in [1.165, 1.54) is 28.7 Å². The largest absolute Gasteiger partial charge is 0.351 e. The minimum atomic E-state index is 0.0782. The maximum absolute atomic E-state index is 12.1. The molecule has 3 rings (SSSR count). The first kappa shape index (κ1) is 16.4. The van der Waals surface area contributed by atoms with Crippen LogP contribution in [-0.2, 0) is 11.3 Å². The summed E-state index contributed by atoms with van der Waals surface area (Å²) in [4.78, 5) is 14.4. The Hall–Kier alpha value is -1.44. The molecular weight excluding hydrogens is 328 g/mol. The molecule has 1 saturated heterocycles. The number of thioether (sulfide) groups is 1. The summed E-state index contributed by atoms with van der Waals surface area (Å²) in [6.07, 6.45) is 1.02. The lowest BCUT2D eigenvalue weighted by Crippen LogP contribution is -2.37. The second-order valence-corrected chi connectivity index (χ2v) is 8.05. The molecule has 0 saturated carbocycles. The Kier molecular flexibility index (Phi) is 5.64. The molecule has 23 heavy (non-hydrogen) atoms. The Morgan fingerprint density at radius 3 is 2.96 bits per heavy atom. The van der Waals surface area contributed by atoms with Gasteiger partial charge in [-0.05, 0) is 18.9 Å². The first-order valence-electron chi connectivity index (χ1n) is 7.67. The number of carbonyl (C=O) groups excluding carboxylic acids is 1. The van der Waals surface area contributed by atoms with Crippen LogP contribution in [0.25, 0.3) is 0 Å². The van der Waals surface area contributed by atoms with Crippen LogP contribution in [0.4, 0.5) is 0 Å². The summed E-state index contributed by atoms with van der Waals surface area (Å²) >= 11 is 2.98. The third kappa shape index (κ3) is 5.02. The fourth-order valence-corrected chi connectivity index (χ4v) is 4.30. The number of carbonyl (C=O) groups is 1. The van der Waals surface area contributed by atoms with Crippen LogP contribution in [0.5, 0.6) is 0 Å². The number of likely N-dealkylation sites (tertiary alicyclic amines) is 1. The maximum atomic E-state index is 12.1. The van der Waals surface area contributed by atoms with Crippen LogP contribution in [0.2, 0.25) is 0 Å². The molecule has 7 heteroatoms. The standard InChI is InChI=1S/C16H20N4OS2/c1-12-18-19-16(23-12)22-11-15(21)17-14-7-8-20(10-14)9-13-5-3-2-4-6-13/h2-6,14H,7-11H2,1H3,(H,17,21). The molecule has 1 aliphatic heterocycles. The lowest BCUT2D eigenvalue weighted by atomic mass is 10.2. The van der Waals surface area contributed by atoms with Gasteiger partial charge < -0.3 is 5.32 Å². The van der Waals surface area contributed by atoms with Gasteiger partial charge in [-0.2, -0.15) is 0 Å². The average molecular weight is 348 g/mol. The van der Waals surface area contributed by atoms with Gasteiger partial charge in [-0.15, -0.1) is 10.2 Å². The van der Waals surface area contributed by atoms with E-state index in [2.05, 4.69) is 44.7 Å². The number of aromatic nitrogens is 2. The molecule has 0 aliphatic carbocycles. The minimum absolute atomic E-state index is 0.0782. The molecule has 2 heterocycles. The van der Waals surface area contributed by atoms with Crippen molar-refractivity contribution in [1.29, 1.82) is 0 Å². The molecule has 1 aromatic heterocycles. The van der Waals surface area contributed by atoms with Crippen molar-refractivity contribution in [2.75, 3.05) is 18.8 Å².